The molecule has 0 heterocycles. The van der Waals surface area contributed by atoms with Gasteiger partial charge in [0.15, 0.2) is 0 Å². The van der Waals surface area contributed by atoms with Gasteiger partial charge in [0.2, 0.25) is 0 Å². The van der Waals surface area contributed by atoms with Gasteiger partial charge in [-0.15, -0.1) is 0 Å². The maximum Gasteiger partial charge on any atom is -0.0112 e. The highest BCUT2D eigenvalue weighted by atomic mass is 33.1. The van der Waals surface area contributed by atoms with E-state index in [1.807, 2.05) is 21.6 Å². The first-order valence-corrected chi connectivity index (χ1v) is 5.46. The summed E-state index contributed by atoms with van der Waals surface area (Å²) in [4.78, 5) is 2.73. The number of hydrogen-bond donors (Lipinski definition) is 0. The Balaban J connectivity index is 3.56. The third-order valence-corrected chi connectivity index (χ3v) is 4.03. The Kier molecular flexibility index (Phi) is 6.03. The molecule has 0 aliphatic heterocycles. The number of rotatable bonds is 3. The van der Waals surface area contributed by atoms with Crippen LogP contribution < -0.4 is 0 Å². The van der Waals surface area contributed by atoms with E-state index in [1.165, 1.54) is 9.81 Å². The second-order valence-corrected chi connectivity index (χ2v) is 4.59. The van der Waals surface area contributed by atoms with Crippen molar-refractivity contribution in [2.24, 2.45) is 0 Å². The summed E-state index contributed by atoms with van der Waals surface area (Å²) >= 11 is 0. The van der Waals surface area contributed by atoms with Crippen molar-refractivity contribution < 1.29 is 0 Å². The molecule has 0 bridgehead atoms. The molecule has 0 fully saturated rings. The summed E-state index contributed by atoms with van der Waals surface area (Å²) in [6.07, 6.45) is 4.25. The molecule has 0 aliphatic rings. The van der Waals surface area contributed by atoms with Crippen LogP contribution in [0.4, 0.5) is 0 Å². The molecule has 0 aliphatic carbocycles. The molecule has 0 saturated carbocycles. The van der Waals surface area contributed by atoms with Gasteiger partial charge in [-0.1, -0.05) is 33.7 Å². The lowest BCUT2D eigenvalue weighted by Gasteiger charge is -1.98. The summed E-state index contributed by atoms with van der Waals surface area (Å²) in [5, 5.41) is 0. The molecule has 0 unspecified atom stereocenters. The van der Waals surface area contributed by atoms with Crippen LogP contribution in [0.15, 0.2) is 22.0 Å². The van der Waals surface area contributed by atoms with E-state index >= 15 is 0 Å². The van der Waals surface area contributed by atoms with E-state index < -0.39 is 0 Å². The zero-order valence-corrected chi connectivity index (χ0v) is 8.60. The monoisotopic (exact) mass is 174 g/mol. The standard InChI is InChI=1S/C8H14S2/c1-5-7(3)9-10-8(4)6-2/h5-6H,1-4H3/b7-5+,8-6+. The molecule has 10 heavy (non-hydrogen) atoms. The molecule has 0 aromatic carbocycles. The van der Waals surface area contributed by atoms with Crippen LogP contribution in [0.3, 0.4) is 0 Å². The normalized spacial score (nSPS) is 14.0. The highest BCUT2D eigenvalue weighted by Gasteiger charge is 1.90. The quantitative estimate of drug-likeness (QED) is 0.588. The Bertz CT molecular complexity index is 127. The zero-order chi connectivity index (χ0) is 7.98. The van der Waals surface area contributed by atoms with Crippen molar-refractivity contribution in [2.45, 2.75) is 27.7 Å². The zero-order valence-electron chi connectivity index (χ0n) is 6.97. The number of hydrogen-bond acceptors (Lipinski definition) is 2. The van der Waals surface area contributed by atoms with Crippen molar-refractivity contribution in [3.05, 3.63) is 22.0 Å². The summed E-state index contributed by atoms with van der Waals surface area (Å²) < 4.78 is 0. The molecule has 58 valence electrons. The highest BCUT2D eigenvalue weighted by molar-refractivity contribution is 8.79. The maximum atomic E-state index is 2.13. The Morgan fingerprint density at radius 3 is 1.40 bits per heavy atom. The molecule has 0 rings (SSSR count). The van der Waals surface area contributed by atoms with Crippen LogP contribution in [0, 0.1) is 0 Å². The minimum atomic E-state index is 1.37. The van der Waals surface area contributed by atoms with Crippen molar-refractivity contribution in [1.29, 1.82) is 0 Å². The van der Waals surface area contributed by atoms with E-state index in [1.54, 1.807) is 0 Å². The molecule has 0 aromatic heterocycles. The number of allylic oxidation sites excluding steroid dienone is 4. The van der Waals surface area contributed by atoms with Crippen LogP contribution in [-0.2, 0) is 0 Å². The second kappa shape index (κ2) is 5.93. The van der Waals surface area contributed by atoms with Gasteiger partial charge in [0.1, 0.15) is 0 Å². The predicted octanol–water partition coefficient (Wildman–Crippen LogP) is 4.22. The predicted molar refractivity (Wildman–Crippen MR) is 54.0 cm³/mol. The molecule has 2 heteroatoms. The summed E-state index contributed by atoms with van der Waals surface area (Å²) in [5.41, 5.74) is 0. The van der Waals surface area contributed by atoms with Gasteiger partial charge in [-0.3, -0.25) is 0 Å². The van der Waals surface area contributed by atoms with Crippen LogP contribution >= 0.6 is 21.6 Å². The topological polar surface area (TPSA) is 0 Å². The summed E-state index contributed by atoms with van der Waals surface area (Å²) in [6.45, 7) is 8.38. The fourth-order valence-corrected chi connectivity index (χ4v) is 2.05. The molecular formula is C8H14S2. The van der Waals surface area contributed by atoms with Crippen molar-refractivity contribution >= 4 is 21.6 Å². The summed E-state index contributed by atoms with van der Waals surface area (Å²) in [7, 11) is 3.64. The van der Waals surface area contributed by atoms with Crippen molar-refractivity contribution in [3.8, 4) is 0 Å². The Hall–Kier alpha value is 0.180. The summed E-state index contributed by atoms with van der Waals surface area (Å²) in [5.74, 6) is 0. The van der Waals surface area contributed by atoms with E-state index in [0.29, 0.717) is 0 Å². The van der Waals surface area contributed by atoms with Gasteiger partial charge in [0.05, 0.1) is 0 Å². The van der Waals surface area contributed by atoms with E-state index in [4.69, 9.17) is 0 Å². The fraction of sp³-hybridized carbons (Fsp3) is 0.500. The van der Waals surface area contributed by atoms with Gasteiger partial charge in [0.25, 0.3) is 0 Å². The van der Waals surface area contributed by atoms with E-state index in [2.05, 4.69) is 39.8 Å². The first-order valence-electron chi connectivity index (χ1n) is 3.31. The van der Waals surface area contributed by atoms with Crippen molar-refractivity contribution in [3.63, 3.8) is 0 Å². The SMILES string of the molecule is C/C=C(\C)SS/C(C)=C/C. The fourth-order valence-electron chi connectivity index (χ4n) is 0.228. The molecule has 0 aromatic rings. The van der Waals surface area contributed by atoms with Gasteiger partial charge >= 0.3 is 0 Å². The Morgan fingerprint density at radius 1 is 0.900 bits per heavy atom. The third kappa shape index (κ3) is 5.00. The van der Waals surface area contributed by atoms with E-state index in [9.17, 15) is 0 Å². The first kappa shape index (κ1) is 10.2. The average molecular weight is 174 g/mol. The molecule has 0 saturated heterocycles. The molecular weight excluding hydrogens is 160 g/mol. The second-order valence-electron chi connectivity index (χ2n) is 1.97. The lowest BCUT2D eigenvalue weighted by Crippen LogP contribution is -1.62. The van der Waals surface area contributed by atoms with Gasteiger partial charge < -0.3 is 0 Å². The summed E-state index contributed by atoms with van der Waals surface area (Å²) in [6, 6.07) is 0. The minimum absolute atomic E-state index is 1.37. The molecule has 0 N–H and O–H groups in total. The third-order valence-electron chi connectivity index (χ3n) is 1.12. The van der Waals surface area contributed by atoms with Crippen LogP contribution in [0.2, 0.25) is 0 Å². The molecule has 0 amide bonds. The smallest absolute Gasteiger partial charge is 0.0112 e. The maximum absolute atomic E-state index is 2.13. The average Bonchev–Trinajstić information content (AvgIpc) is 1.99. The Morgan fingerprint density at radius 2 is 1.20 bits per heavy atom. The first-order chi connectivity index (χ1) is 4.70. The largest absolute Gasteiger partial charge is 0.0775 e. The van der Waals surface area contributed by atoms with Crippen molar-refractivity contribution in [1.82, 2.24) is 0 Å². The van der Waals surface area contributed by atoms with Gasteiger partial charge in [0, 0.05) is 0 Å². The van der Waals surface area contributed by atoms with Crippen molar-refractivity contribution in [2.75, 3.05) is 0 Å². The molecule has 0 atom stereocenters. The minimum Gasteiger partial charge on any atom is -0.0775 e. The van der Waals surface area contributed by atoms with Gasteiger partial charge in [-0.25, -0.2) is 0 Å². The van der Waals surface area contributed by atoms with E-state index in [0.717, 1.165) is 0 Å². The van der Waals surface area contributed by atoms with Crippen LogP contribution in [0.5, 0.6) is 0 Å². The van der Waals surface area contributed by atoms with Crippen LogP contribution in [-0.4, -0.2) is 0 Å². The Labute approximate surface area is 71.6 Å². The highest BCUT2D eigenvalue weighted by Crippen LogP contribution is 2.35. The van der Waals surface area contributed by atoms with E-state index in [-0.39, 0.29) is 0 Å². The van der Waals surface area contributed by atoms with Crippen LogP contribution in [0.25, 0.3) is 0 Å². The van der Waals surface area contributed by atoms with Gasteiger partial charge in [-0.2, -0.15) is 0 Å². The van der Waals surface area contributed by atoms with Crippen LogP contribution in [0.1, 0.15) is 27.7 Å². The van der Waals surface area contributed by atoms with Gasteiger partial charge in [-0.05, 0) is 37.5 Å². The molecule has 0 radical (unpaired) electrons. The lowest BCUT2D eigenvalue weighted by atomic mass is 10.6. The molecule has 0 spiro atoms. The lowest BCUT2D eigenvalue weighted by molar-refractivity contribution is 1.60. The molecule has 0 nitrogen and oxygen atoms in total.